The fourth-order valence-corrected chi connectivity index (χ4v) is 2.26. The first-order chi connectivity index (χ1) is 8.20. The number of nitrogens with one attached hydrogen (secondary N) is 1. The first-order valence-electron chi connectivity index (χ1n) is 4.77. The van der Waals surface area contributed by atoms with Crippen LogP contribution in [-0.4, -0.2) is 26.5 Å². The molecule has 0 aliphatic rings. The van der Waals surface area contributed by atoms with E-state index in [4.69, 9.17) is 4.74 Å². The maximum absolute atomic E-state index is 13.4. The van der Waals surface area contributed by atoms with Crippen molar-refractivity contribution < 1.29 is 13.3 Å². The number of halogens is 1. The molecule has 0 unspecified atom stereocenters. The van der Waals surface area contributed by atoms with E-state index in [1.807, 2.05) is 0 Å². The number of aromatic amines is 1. The molecule has 1 aromatic heterocycles. The van der Waals surface area contributed by atoms with Crippen molar-refractivity contribution in [1.29, 1.82) is 0 Å². The third-order valence-corrected chi connectivity index (χ3v) is 3.35. The molecule has 17 heavy (non-hydrogen) atoms. The topological polar surface area (TPSA) is 67.9 Å². The van der Waals surface area contributed by atoms with Crippen molar-refractivity contribution in [2.45, 2.75) is 10.9 Å². The Morgan fingerprint density at radius 1 is 1.53 bits per heavy atom. The predicted molar refractivity (Wildman–Crippen MR) is 59.4 cm³/mol. The number of aromatic nitrogens is 3. The number of hydrogen-bond donors (Lipinski definition) is 1. The summed E-state index contributed by atoms with van der Waals surface area (Å²) in [5.41, 5.74) is 0.609. The molecule has 0 aliphatic heterocycles. The van der Waals surface area contributed by atoms with E-state index < -0.39 is 16.6 Å². The molecule has 0 radical (unpaired) electrons. The minimum Gasteiger partial charge on any atom is -0.494 e. The van der Waals surface area contributed by atoms with Crippen molar-refractivity contribution in [2.24, 2.45) is 0 Å². The third kappa shape index (κ3) is 2.68. The lowest BCUT2D eigenvalue weighted by Crippen LogP contribution is -1.99. The monoisotopic (exact) mass is 255 g/mol. The van der Waals surface area contributed by atoms with Crippen LogP contribution in [0.4, 0.5) is 4.39 Å². The molecule has 1 heterocycles. The molecule has 90 valence electrons. The zero-order chi connectivity index (χ0) is 12.3. The van der Waals surface area contributed by atoms with Crippen LogP contribution in [0.3, 0.4) is 0 Å². The van der Waals surface area contributed by atoms with Gasteiger partial charge < -0.3 is 4.74 Å². The van der Waals surface area contributed by atoms with Crippen LogP contribution in [-0.2, 0) is 16.6 Å². The Bertz CT molecular complexity index is 530. The Labute approximate surface area is 99.5 Å². The first kappa shape index (κ1) is 11.7. The van der Waals surface area contributed by atoms with Gasteiger partial charge in [0.15, 0.2) is 11.6 Å². The molecule has 0 aliphatic carbocycles. The number of H-pyrrole nitrogens is 1. The van der Waals surface area contributed by atoms with Crippen LogP contribution in [0.1, 0.15) is 5.56 Å². The second-order valence-electron chi connectivity index (χ2n) is 3.25. The molecule has 2 aromatic rings. The van der Waals surface area contributed by atoms with Crippen molar-refractivity contribution in [3.05, 3.63) is 35.9 Å². The van der Waals surface area contributed by atoms with Crippen LogP contribution in [0.2, 0.25) is 0 Å². The Balaban J connectivity index is 2.14. The largest absolute Gasteiger partial charge is 0.494 e. The summed E-state index contributed by atoms with van der Waals surface area (Å²) in [6.07, 6.45) is 1.28. The van der Waals surface area contributed by atoms with E-state index in [0.29, 0.717) is 5.56 Å². The average molecular weight is 255 g/mol. The molecular formula is C10H10FN3O2S. The van der Waals surface area contributed by atoms with E-state index in [2.05, 4.69) is 15.2 Å². The van der Waals surface area contributed by atoms with Gasteiger partial charge in [0.25, 0.3) is 0 Å². The fourth-order valence-electron chi connectivity index (χ4n) is 1.32. The summed E-state index contributed by atoms with van der Waals surface area (Å²) in [7, 11) is 0.0369. The molecule has 1 aromatic carbocycles. The van der Waals surface area contributed by atoms with Gasteiger partial charge in [-0.15, -0.1) is 0 Å². The number of nitrogens with zero attached hydrogens (tertiary/aromatic N) is 2. The lowest BCUT2D eigenvalue weighted by molar-refractivity contribution is 0.386. The van der Waals surface area contributed by atoms with Crippen LogP contribution in [0.5, 0.6) is 5.75 Å². The molecule has 7 heteroatoms. The van der Waals surface area contributed by atoms with Gasteiger partial charge in [-0.3, -0.25) is 9.31 Å². The molecule has 0 spiro atoms. The molecule has 2 rings (SSSR count). The van der Waals surface area contributed by atoms with E-state index in [1.54, 1.807) is 6.07 Å². The molecule has 5 nitrogen and oxygen atoms in total. The molecule has 0 bridgehead atoms. The highest BCUT2D eigenvalue weighted by Crippen LogP contribution is 2.19. The Kier molecular flexibility index (Phi) is 3.48. The standard InChI is InChI=1S/C10H10FN3O2S/c1-16-9-3-2-7(4-8(9)11)5-17(15)10-12-6-13-14-10/h2-4,6H,5H2,1H3,(H,12,13,14)/t17-/m0/s1. The van der Waals surface area contributed by atoms with Gasteiger partial charge in [0.2, 0.25) is 5.16 Å². The van der Waals surface area contributed by atoms with Gasteiger partial charge in [-0.2, -0.15) is 5.10 Å². The maximum Gasteiger partial charge on any atom is 0.214 e. The highest BCUT2D eigenvalue weighted by atomic mass is 32.2. The smallest absolute Gasteiger partial charge is 0.214 e. The molecule has 0 saturated heterocycles. The summed E-state index contributed by atoms with van der Waals surface area (Å²) in [5.74, 6) is -0.130. The third-order valence-electron chi connectivity index (χ3n) is 2.12. The predicted octanol–water partition coefficient (Wildman–Crippen LogP) is 1.26. The van der Waals surface area contributed by atoms with Gasteiger partial charge in [0.1, 0.15) is 6.33 Å². The number of methoxy groups -OCH3 is 1. The van der Waals surface area contributed by atoms with Crippen molar-refractivity contribution in [3.63, 3.8) is 0 Å². The van der Waals surface area contributed by atoms with E-state index in [0.717, 1.165) is 0 Å². The molecule has 0 saturated carbocycles. The van der Waals surface area contributed by atoms with Crippen molar-refractivity contribution in [1.82, 2.24) is 15.2 Å². The highest BCUT2D eigenvalue weighted by Gasteiger charge is 2.10. The summed E-state index contributed by atoms with van der Waals surface area (Å²) >= 11 is 0. The second-order valence-corrected chi connectivity index (χ2v) is 4.62. The zero-order valence-electron chi connectivity index (χ0n) is 9.01. The van der Waals surface area contributed by atoms with Crippen molar-refractivity contribution in [2.75, 3.05) is 7.11 Å². The minimum atomic E-state index is -1.36. The number of ether oxygens (including phenoxy) is 1. The lowest BCUT2D eigenvalue weighted by Gasteiger charge is -2.04. The first-order valence-corrected chi connectivity index (χ1v) is 6.08. The second kappa shape index (κ2) is 5.05. The van der Waals surface area contributed by atoms with Crippen molar-refractivity contribution >= 4 is 10.8 Å². The quantitative estimate of drug-likeness (QED) is 0.893. The number of benzene rings is 1. The Hall–Kier alpha value is -1.76. The van der Waals surface area contributed by atoms with E-state index in [1.165, 1.54) is 25.6 Å². The van der Waals surface area contributed by atoms with Gasteiger partial charge in [0, 0.05) is 0 Å². The van der Waals surface area contributed by atoms with Gasteiger partial charge in [-0.1, -0.05) is 6.07 Å². The zero-order valence-corrected chi connectivity index (χ0v) is 9.83. The van der Waals surface area contributed by atoms with Gasteiger partial charge in [0.05, 0.1) is 23.7 Å². The number of rotatable bonds is 4. The van der Waals surface area contributed by atoms with Crippen LogP contribution >= 0.6 is 0 Å². The Morgan fingerprint density at radius 2 is 2.35 bits per heavy atom. The lowest BCUT2D eigenvalue weighted by atomic mass is 10.2. The SMILES string of the molecule is COc1ccc(C[S@](=O)c2ncn[nH]2)cc1F. The highest BCUT2D eigenvalue weighted by molar-refractivity contribution is 7.84. The van der Waals surface area contributed by atoms with E-state index >= 15 is 0 Å². The van der Waals surface area contributed by atoms with E-state index in [9.17, 15) is 8.60 Å². The molecule has 0 fully saturated rings. The van der Waals surface area contributed by atoms with Crippen molar-refractivity contribution in [3.8, 4) is 5.75 Å². The normalized spacial score (nSPS) is 12.4. The van der Waals surface area contributed by atoms with Crippen LogP contribution in [0.25, 0.3) is 0 Å². The molecule has 1 N–H and O–H groups in total. The molecular weight excluding hydrogens is 245 g/mol. The van der Waals surface area contributed by atoms with E-state index in [-0.39, 0.29) is 16.7 Å². The van der Waals surface area contributed by atoms with Crippen LogP contribution < -0.4 is 4.74 Å². The summed E-state index contributed by atoms with van der Waals surface area (Å²) < 4.78 is 29.9. The summed E-state index contributed by atoms with van der Waals surface area (Å²) in [6, 6.07) is 4.46. The summed E-state index contributed by atoms with van der Waals surface area (Å²) in [4.78, 5) is 3.78. The Morgan fingerprint density at radius 3 is 2.94 bits per heavy atom. The van der Waals surface area contributed by atoms with Gasteiger partial charge in [-0.05, 0) is 17.7 Å². The fraction of sp³-hybridized carbons (Fsp3) is 0.200. The number of hydrogen-bond acceptors (Lipinski definition) is 4. The molecule has 0 amide bonds. The maximum atomic E-state index is 13.4. The van der Waals surface area contributed by atoms with Crippen LogP contribution in [0, 0.1) is 5.82 Å². The summed E-state index contributed by atoms with van der Waals surface area (Å²) in [6.45, 7) is 0. The van der Waals surface area contributed by atoms with Crippen LogP contribution in [0.15, 0.2) is 29.7 Å². The van der Waals surface area contributed by atoms with Gasteiger partial charge >= 0.3 is 0 Å². The molecule has 1 atom stereocenters. The summed E-state index contributed by atoms with van der Waals surface area (Å²) in [5, 5.41) is 6.40. The average Bonchev–Trinajstić information content (AvgIpc) is 2.82. The minimum absolute atomic E-state index is 0.166. The van der Waals surface area contributed by atoms with Gasteiger partial charge in [-0.25, -0.2) is 9.37 Å².